The molecule has 0 saturated carbocycles. The van der Waals surface area contributed by atoms with Crippen LogP contribution >= 0.6 is 0 Å². The number of hydrogen-bond donors (Lipinski definition) is 0. The van der Waals surface area contributed by atoms with E-state index in [0.29, 0.717) is 29.5 Å². The lowest BCUT2D eigenvalue weighted by molar-refractivity contribution is 0.159. The summed E-state index contributed by atoms with van der Waals surface area (Å²) in [6.45, 7) is 4.96. The molecule has 4 heterocycles. The number of pyridine rings is 2. The van der Waals surface area contributed by atoms with E-state index in [-0.39, 0.29) is 0 Å². The standard InChI is InChI=1S/C26H26F2N6O/c1-2-35-32-26(20-4-6-22(27)23(28)13-20)24-7-3-18(14-29-24)15-33-11-9-19(10-12-33)21-5-8-25-31-30-17-34(25)16-21/h3-8,13-14,16-17,19H,2,9-12,15H2,1H3. The number of aromatic nitrogens is 4. The fourth-order valence-electron chi connectivity index (χ4n) is 4.45. The van der Waals surface area contributed by atoms with Gasteiger partial charge in [-0.2, -0.15) is 0 Å². The summed E-state index contributed by atoms with van der Waals surface area (Å²) in [4.78, 5) is 12.2. The van der Waals surface area contributed by atoms with Crippen LogP contribution in [0.1, 0.15) is 48.1 Å². The third-order valence-electron chi connectivity index (χ3n) is 6.32. The van der Waals surface area contributed by atoms with E-state index in [9.17, 15) is 8.78 Å². The predicted octanol–water partition coefficient (Wildman–Crippen LogP) is 4.57. The highest BCUT2D eigenvalue weighted by Crippen LogP contribution is 2.28. The average molecular weight is 477 g/mol. The van der Waals surface area contributed by atoms with Crippen LogP contribution in [0.3, 0.4) is 0 Å². The van der Waals surface area contributed by atoms with Crippen LogP contribution in [0.4, 0.5) is 8.78 Å². The van der Waals surface area contributed by atoms with E-state index in [4.69, 9.17) is 4.84 Å². The van der Waals surface area contributed by atoms with Crippen LogP contribution in [0, 0.1) is 11.6 Å². The van der Waals surface area contributed by atoms with Gasteiger partial charge in [0.05, 0.1) is 5.69 Å². The summed E-state index contributed by atoms with van der Waals surface area (Å²) in [6, 6.07) is 11.7. The van der Waals surface area contributed by atoms with Gasteiger partial charge in [-0.1, -0.05) is 17.3 Å². The molecule has 0 bridgehead atoms. The highest BCUT2D eigenvalue weighted by atomic mass is 19.2. The van der Waals surface area contributed by atoms with E-state index in [1.54, 1.807) is 13.3 Å². The van der Waals surface area contributed by atoms with Crippen molar-refractivity contribution in [1.82, 2.24) is 24.5 Å². The second kappa shape index (κ2) is 10.3. The Bertz CT molecular complexity index is 1330. The molecule has 1 aromatic carbocycles. The van der Waals surface area contributed by atoms with Crippen molar-refractivity contribution in [2.24, 2.45) is 5.16 Å². The normalized spacial score (nSPS) is 15.6. The number of piperidine rings is 1. The third-order valence-corrected chi connectivity index (χ3v) is 6.32. The second-order valence-electron chi connectivity index (χ2n) is 8.65. The molecule has 1 aliphatic heterocycles. The summed E-state index contributed by atoms with van der Waals surface area (Å²) in [5.74, 6) is -1.32. The van der Waals surface area contributed by atoms with Gasteiger partial charge in [0, 0.05) is 24.5 Å². The number of rotatable bonds is 7. The number of benzene rings is 1. The number of halogens is 2. The summed E-state index contributed by atoms with van der Waals surface area (Å²) < 4.78 is 29.1. The predicted molar refractivity (Wildman–Crippen MR) is 128 cm³/mol. The Balaban J connectivity index is 1.23. The lowest BCUT2D eigenvalue weighted by Gasteiger charge is -2.32. The quantitative estimate of drug-likeness (QED) is 0.289. The highest BCUT2D eigenvalue weighted by Gasteiger charge is 2.21. The molecule has 1 aliphatic rings. The monoisotopic (exact) mass is 476 g/mol. The minimum atomic E-state index is -0.937. The zero-order chi connectivity index (χ0) is 24.2. The second-order valence-corrected chi connectivity index (χ2v) is 8.65. The van der Waals surface area contributed by atoms with Crippen LogP contribution in [0.15, 0.2) is 66.3 Å². The van der Waals surface area contributed by atoms with Gasteiger partial charge < -0.3 is 4.84 Å². The average Bonchev–Trinajstić information content (AvgIpc) is 3.36. The summed E-state index contributed by atoms with van der Waals surface area (Å²) >= 11 is 0. The molecule has 0 spiro atoms. The van der Waals surface area contributed by atoms with Crippen molar-refractivity contribution >= 4 is 11.4 Å². The molecule has 35 heavy (non-hydrogen) atoms. The highest BCUT2D eigenvalue weighted by molar-refractivity contribution is 6.11. The van der Waals surface area contributed by atoms with Crippen molar-refractivity contribution in [1.29, 1.82) is 0 Å². The smallest absolute Gasteiger partial charge is 0.160 e. The van der Waals surface area contributed by atoms with E-state index >= 15 is 0 Å². The number of nitrogens with zero attached hydrogens (tertiary/aromatic N) is 6. The zero-order valence-electron chi connectivity index (χ0n) is 19.4. The first kappa shape index (κ1) is 23.0. The van der Waals surface area contributed by atoms with Gasteiger partial charge in [0.15, 0.2) is 17.3 Å². The number of oxime groups is 1. The van der Waals surface area contributed by atoms with Crippen LogP contribution in [-0.2, 0) is 11.4 Å². The molecular formula is C26H26F2N6O. The van der Waals surface area contributed by atoms with Crippen molar-refractivity contribution in [3.63, 3.8) is 0 Å². The van der Waals surface area contributed by atoms with Crippen LogP contribution in [0.5, 0.6) is 0 Å². The molecule has 1 saturated heterocycles. The zero-order valence-corrected chi connectivity index (χ0v) is 19.4. The maximum absolute atomic E-state index is 13.8. The lowest BCUT2D eigenvalue weighted by Crippen LogP contribution is -2.32. The van der Waals surface area contributed by atoms with Gasteiger partial charge >= 0.3 is 0 Å². The SMILES string of the molecule is CCON=C(c1ccc(F)c(F)c1)c1ccc(CN2CCC(c3ccc4nncn4c3)CC2)cn1. The Hall–Kier alpha value is -3.72. The molecule has 0 amide bonds. The molecule has 0 radical (unpaired) electrons. The molecular weight excluding hydrogens is 450 g/mol. The molecule has 7 nitrogen and oxygen atoms in total. The third kappa shape index (κ3) is 5.19. The van der Waals surface area contributed by atoms with Crippen molar-refractivity contribution < 1.29 is 13.6 Å². The molecule has 3 aromatic heterocycles. The molecule has 5 rings (SSSR count). The topological polar surface area (TPSA) is 67.9 Å². The summed E-state index contributed by atoms with van der Waals surface area (Å²) in [6.07, 6.45) is 7.85. The molecule has 1 fully saturated rings. The van der Waals surface area contributed by atoms with Crippen molar-refractivity contribution in [2.75, 3.05) is 19.7 Å². The summed E-state index contributed by atoms with van der Waals surface area (Å²) in [5.41, 5.74) is 4.57. The first-order valence-electron chi connectivity index (χ1n) is 11.7. The van der Waals surface area contributed by atoms with Crippen molar-refractivity contribution in [2.45, 2.75) is 32.2 Å². The van der Waals surface area contributed by atoms with Gasteiger partial charge in [0.25, 0.3) is 0 Å². The van der Waals surface area contributed by atoms with Crippen LogP contribution in [-0.4, -0.2) is 49.9 Å². The maximum Gasteiger partial charge on any atom is 0.160 e. The fraction of sp³-hybridized carbons (Fsp3) is 0.308. The molecule has 0 unspecified atom stereocenters. The van der Waals surface area contributed by atoms with E-state index < -0.39 is 11.6 Å². The Morgan fingerprint density at radius 3 is 2.69 bits per heavy atom. The van der Waals surface area contributed by atoms with Crippen LogP contribution in [0.25, 0.3) is 5.65 Å². The molecule has 9 heteroatoms. The maximum atomic E-state index is 13.8. The largest absolute Gasteiger partial charge is 0.396 e. The Morgan fingerprint density at radius 2 is 1.94 bits per heavy atom. The number of fused-ring (bicyclic) bond motifs is 1. The van der Waals surface area contributed by atoms with Gasteiger partial charge in [0.2, 0.25) is 0 Å². The molecule has 0 atom stereocenters. The Kier molecular flexibility index (Phi) is 6.76. The number of hydrogen-bond acceptors (Lipinski definition) is 6. The van der Waals surface area contributed by atoms with E-state index in [1.807, 2.05) is 28.8 Å². The van der Waals surface area contributed by atoms with Gasteiger partial charge in [-0.3, -0.25) is 14.3 Å². The first-order valence-corrected chi connectivity index (χ1v) is 11.7. The van der Waals surface area contributed by atoms with Gasteiger partial charge in [-0.25, -0.2) is 8.78 Å². The van der Waals surface area contributed by atoms with Gasteiger partial charge in [-0.05, 0) is 80.2 Å². The Labute approximate surface area is 202 Å². The van der Waals surface area contributed by atoms with E-state index in [1.165, 1.54) is 11.6 Å². The van der Waals surface area contributed by atoms with Crippen molar-refractivity contribution in [3.8, 4) is 0 Å². The first-order chi connectivity index (χ1) is 17.1. The minimum Gasteiger partial charge on any atom is -0.396 e. The minimum absolute atomic E-state index is 0.355. The van der Waals surface area contributed by atoms with Crippen LogP contribution < -0.4 is 0 Å². The molecule has 4 aromatic rings. The van der Waals surface area contributed by atoms with Gasteiger partial charge in [0.1, 0.15) is 18.6 Å². The fourth-order valence-corrected chi connectivity index (χ4v) is 4.45. The lowest BCUT2D eigenvalue weighted by atomic mass is 9.90. The molecule has 180 valence electrons. The van der Waals surface area contributed by atoms with Gasteiger partial charge in [-0.15, -0.1) is 10.2 Å². The number of likely N-dealkylation sites (tertiary alicyclic amines) is 1. The molecule has 0 aliphatic carbocycles. The summed E-state index contributed by atoms with van der Waals surface area (Å²) in [5, 5.41) is 12.1. The molecule has 0 N–H and O–H groups in total. The Morgan fingerprint density at radius 1 is 1.09 bits per heavy atom. The van der Waals surface area contributed by atoms with E-state index in [2.05, 4.69) is 37.5 Å². The van der Waals surface area contributed by atoms with E-state index in [0.717, 1.165) is 55.8 Å². The van der Waals surface area contributed by atoms with Crippen LogP contribution in [0.2, 0.25) is 0 Å². The van der Waals surface area contributed by atoms with Crippen molar-refractivity contribution in [3.05, 3.63) is 95.2 Å². The summed E-state index contributed by atoms with van der Waals surface area (Å²) in [7, 11) is 0.